The first-order chi connectivity index (χ1) is 16.3. The van der Waals surface area contributed by atoms with E-state index in [0.29, 0.717) is 12.8 Å². The summed E-state index contributed by atoms with van der Waals surface area (Å²) in [6, 6.07) is 2.11. The molecule has 3 heterocycles. The molecule has 2 saturated heterocycles. The fraction of sp³-hybridized carbons (Fsp3) is 0.667. The Labute approximate surface area is 201 Å². The average molecular weight is 494 g/mol. The predicted octanol–water partition coefficient (Wildman–Crippen LogP) is 3.12. The summed E-state index contributed by atoms with van der Waals surface area (Å²) in [7, 11) is 0. The fourth-order valence-corrected chi connectivity index (χ4v) is 5.91. The number of aromatic nitrogens is 1. The standard InChI is InChI=1S/C24H30F3N5O3/c1-22(2)10-14(19(33)31-22)9-15(12-28)29-20(34)17-11-23(7-3-4-8-23)13-32(17)21(35)16-5-6-18(30-16)24(25,26)27/h5-6,14-15,17,30H,3-4,7-11,13H2,1-2H3,(H,29,34)(H,31,33)/t14-,15+,17+/m1/s1. The van der Waals surface area contributed by atoms with Crippen molar-refractivity contribution in [2.45, 2.75) is 82.6 Å². The summed E-state index contributed by atoms with van der Waals surface area (Å²) in [6.45, 7) is 4.05. The van der Waals surface area contributed by atoms with Gasteiger partial charge in [-0.25, -0.2) is 0 Å². The summed E-state index contributed by atoms with van der Waals surface area (Å²) in [6.07, 6.45) is 0.0477. The molecule has 1 aliphatic carbocycles. The number of carbonyl (C=O) groups excluding carboxylic acids is 3. The molecule has 3 atom stereocenters. The number of H-pyrrole nitrogens is 1. The lowest BCUT2D eigenvalue weighted by molar-refractivity contribution is -0.140. The van der Waals surface area contributed by atoms with E-state index in [2.05, 4.69) is 15.6 Å². The minimum atomic E-state index is -4.62. The molecule has 3 fully saturated rings. The zero-order valence-corrected chi connectivity index (χ0v) is 19.8. The third-order valence-electron chi connectivity index (χ3n) is 7.54. The highest BCUT2D eigenvalue weighted by molar-refractivity contribution is 5.97. The van der Waals surface area contributed by atoms with E-state index in [1.54, 1.807) is 0 Å². The number of halogens is 3. The van der Waals surface area contributed by atoms with E-state index < -0.39 is 41.7 Å². The van der Waals surface area contributed by atoms with E-state index in [9.17, 15) is 32.8 Å². The second-order valence-electron chi connectivity index (χ2n) is 10.8. The van der Waals surface area contributed by atoms with Crippen LogP contribution in [0.3, 0.4) is 0 Å². The number of likely N-dealkylation sites (tertiary alicyclic amines) is 1. The van der Waals surface area contributed by atoms with Crippen molar-refractivity contribution in [2.24, 2.45) is 11.3 Å². The highest BCUT2D eigenvalue weighted by Crippen LogP contribution is 2.48. The summed E-state index contributed by atoms with van der Waals surface area (Å²) in [5.74, 6) is -1.78. The number of nitriles is 1. The molecule has 2 aliphatic heterocycles. The summed E-state index contributed by atoms with van der Waals surface area (Å²) < 4.78 is 39.1. The Bertz CT molecular complexity index is 1050. The number of nitrogens with zero attached hydrogens (tertiary/aromatic N) is 2. The van der Waals surface area contributed by atoms with Crippen molar-refractivity contribution in [2.75, 3.05) is 6.54 Å². The van der Waals surface area contributed by atoms with Gasteiger partial charge in [0, 0.05) is 18.0 Å². The van der Waals surface area contributed by atoms with Crippen LogP contribution in [-0.4, -0.2) is 51.8 Å². The molecule has 8 nitrogen and oxygen atoms in total. The molecule has 3 amide bonds. The summed E-state index contributed by atoms with van der Waals surface area (Å²) in [5.41, 5.74) is -1.90. The normalized spacial score (nSPS) is 25.9. The van der Waals surface area contributed by atoms with Crippen LogP contribution < -0.4 is 10.6 Å². The third-order valence-corrected chi connectivity index (χ3v) is 7.54. The molecule has 0 bridgehead atoms. The largest absolute Gasteiger partial charge is 0.431 e. The van der Waals surface area contributed by atoms with Gasteiger partial charge in [-0.15, -0.1) is 0 Å². The van der Waals surface area contributed by atoms with Gasteiger partial charge in [0.15, 0.2) is 0 Å². The van der Waals surface area contributed by atoms with E-state index in [0.717, 1.165) is 37.8 Å². The fourth-order valence-electron chi connectivity index (χ4n) is 5.91. The lowest BCUT2D eigenvalue weighted by atomic mass is 9.83. The van der Waals surface area contributed by atoms with Gasteiger partial charge in [0.1, 0.15) is 23.5 Å². The van der Waals surface area contributed by atoms with Gasteiger partial charge in [0.2, 0.25) is 11.8 Å². The van der Waals surface area contributed by atoms with Crippen molar-refractivity contribution in [3.63, 3.8) is 0 Å². The number of carbonyl (C=O) groups is 3. The minimum absolute atomic E-state index is 0.148. The molecule has 1 saturated carbocycles. The first kappa shape index (κ1) is 25.1. The Kier molecular flexibility index (Phi) is 6.36. The number of amides is 3. The van der Waals surface area contributed by atoms with Crippen LogP contribution in [0, 0.1) is 22.7 Å². The van der Waals surface area contributed by atoms with Gasteiger partial charge < -0.3 is 20.5 Å². The van der Waals surface area contributed by atoms with Crippen LogP contribution in [0.4, 0.5) is 13.2 Å². The van der Waals surface area contributed by atoms with Gasteiger partial charge in [0.05, 0.1) is 6.07 Å². The van der Waals surface area contributed by atoms with E-state index in [1.165, 1.54) is 4.90 Å². The maximum absolute atomic E-state index is 13.3. The van der Waals surface area contributed by atoms with Crippen molar-refractivity contribution in [1.82, 2.24) is 20.5 Å². The second-order valence-corrected chi connectivity index (χ2v) is 10.8. The van der Waals surface area contributed by atoms with Crippen molar-refractivity contribution >= 4 is 17.7 Å². The number of rotatable bonds is 5. The third kappa shape index (κ3) is 5.16. The zero-order chi connectivity index (χ0) is 25.6. The van der Waals surface area contributed by atoms with Gasteiger partial charge in [0.25, 0.3) is 5.91 Å². The van der Waals surface area contributed by atoms with Crippen molar-refractivity contribution in [3.8, 4) is 6.07 Å². The predicted molar refractivity (Wildman–Crippen MR) is 119 cm³/mol. The molecular formula is C24H30F3N5O3. The maximum atomic E-state index is 13.3. The molecule has 1 aromatic rings. The monoisotopic (exact) mass is 493 g/mol. The quantitative estimate of drug-likeness (QED) is 0.584. The Balaban J connectivity index is 1.50. The summed E-state index contributed by atoms with van der Waals surface area (Å²) in [5, 5.41) is 15.2. The molecule has 0 radical (unpaired) electrons. The van der Waals surface area contributed by atoms with Crippen LogP contribution in [0.2, 0.25) is 0 Å². The Hall–Kier alpha value is -3.03. The summed E-state index contributed by atoms with van der Waals surface area (Å²) in [4.78, 5) is 42.3. The molecule has 190 valence electrons. The molecule has 0 unspecified atom stereocenters. The average Bonchev–Trinajstić information content (AvgIpc) is 3.54. The van der Waals surface area contributed by atoms with Crippen LogP contribution in [0.15, 0.2) is 12.1 Å². The van der Waals surface area contributed by atoms with E-state index in [-0.39, 0.29) is 35.5 Å². The smallest absolute Gasteiger partial charge is 0.351 e. The van der Waals surface area contributed by atoms with Crippen LogP contribution >= 0.6 is 0 Å². The van der Waals surface area contributed by atoms with Gasteiger partial charge >= 0.3 is 6.18 Å². The Morgan fingerprint density at radius 1 is 1.26 bits per heavy atom. The van der Waals surface area contributed by atoms with Gasteiger partial charge in [-0.2, -0.15) is 18.4 Å². The van der Waals surface area contributed by atoms with Crippen molar-refractivity contribution in [1.29, 1.82) is 5.26 Å². The number of aromatic amines is 1. The topological polar surface area (TPSA) is 118 Å². The Morgan fingerprint density at radius 2 is 1.94 bits per heavy atom. The molecule has 11 heteroatoms. The van der Waals surface area contributed by atoms with Crippen LogP contribution in [0.25, 0.3) is 0 Å². The van der Waals surface area contributed by atoms with Gasteiger partial charge in [-0.3, -0.25) is 14.4 Å². The van der Waals surface area contributed by atoms with Crippen LogP contribution in [0.5, 0.6) is 0 Å². The number of nitrogens with one attached hydrogen (secondary N) is 3. The number of hydrogen-bond acceptors (Lipinski definition) is 4. The maximum Gasteiger partial charge on any atom is 0.431 e. The number of hydrogen-bond donors (Lipinski definition) is 3. The Morgan fingerprint density at radius 3 is 2.49 bits per heavy atom. The van der Waals surface area contributed by atoms with Crippen LogP contribution in [0.1, 0.15) is 75.0 Å². The molecule has 4 rings (SSSR count). The van der Waals surface area contributed by atoms with E-state index in [1.807, 2.05) is 19.9 Å². The molecule has 0 aromatic carbocycles. The zero-order valence-electron chi connectivity index (χ0n) is 19.8. The van der Waals surface area contributed by atoms with E-state index in [4.69, 9.17) is 0 Å². The molecule has 1 aromatic heterocycles. The van der Waals surface area contributed by atoms with Crippen molar-refractivity contribution in [3.05, 3.63) is 23.5 Å². The summed E-state index contributed by atoms with van der Waals surface area (Å²) >= 11 is 0. The van der Waals surface area contributed by atoms with Gasteiger partial charge in [-0.05, 0) is 63.5 Å². The second kappa shape index (κ2) is 8.88. The number of alkyl halides is 3. The lowest BCUT2D eigenvalue weighted by Crippen LogP contribution is -2.49. The van der Waals surface area contributed by atoms with Crippen molar-refractivity contribution < 1.29 is 27.6 Å². The molecule has 3 N–H and O–H groups in total. The molecular weight excluding hydrogens is 463 g/mol. The van der Waals surface area contributed by atoms with Crippen LogP contribution in [-0.2, 0) is 15.8 Å². The van der Waals surface area contributed by atoms with E-state index >= 15 is 0 Å². The van der Waals surface area contributed by atoms with Gasteiger partial charge in [-0.1, -0.05) is 12.8 Å². The lowest BCUT2D eigenvalue weighted by Gasteiger charge is -2.25. The molecule has 35 heavy (non-hydrogen) atoms. The highest BCUT2D eigenvalue weighted by Gasteiger charge is 2.50. The first-order valence-electron chi connectivity index (χ1n) is 11.9. The highest BCUT2D eigenvalue weighted by atomic mass is 19.4. The molecule has 1 spiro atoms. The SMILES string of the molecule is CC1(C)C[C@@H](C[C@@H](C#N)NC(=O)[C@@H]2CC3(CCCC3)CN2C(=O)c2ccc(C(F)(F)F)[nH]2)C(=O)N1. The minimum Gasteiger partial charge on any atom is -0.351 e. The molecule has 3 aliphatic rings. The first-order valence-corrected chi connectivity index (χ1v) is 11.9.